The lowest BCUT2D eigenvalue weighted by Gasteiger charge is -2.05. The summed E-state index contributed by atoms with van der Waals surface area (Å²) in [5.74, 6) is -0.918. The molecule has 22 heavy (non-hydrogen) atoms. The van der Waals surface area contributed by atoms with Crippen molar-refractivity contribution in [2.24, 2.45) is 0 Å². The lowest BCUT2D eigenvalue weighted by Crippen LogP contribution is -2.12. The van der Waals surface area contributed by atoms with E-state index < -0.39 is 5.82 Å². The molecule has 0 saturated heterocycles. The summed E-state index contributed by atoms with van der Waals surface area (Å²) in [7, 11) is 0. The van der Waals surface area contributed by atoms with Gasteiger partial charge in [-0.1, -0.05) is 11.6 Å². The first-order chi connectivity index (χ1) is 10.5. The number of hydrogen-bond donors (Lipinski definition) is 1. The number of carbonyl (C=O) groups is 1. The van der Waals surface area contributed by atoms with Crippen molar-refractivity contribution in [1.82, 2.24) is 14.6 Å². The molecule has 0 aliphatic carbocycles. The van der Waals surface area contributed by atoms with Crippen molar-refractivity contribution in [2.45, 2.75) is 13.8 Å². The third-order valence-corrected chi connectivity index (χ3v) is 3.49. The molecule has 7 heteroatoms. The Morgan fingerprint density at radius 3 is 2.82 bits per heavy atom. The fourth-order valence-electron chi connectivity index (χ4n) is 2.20. The Morgan fingerprint density at radius 2 is 2.09 bits per heavy atom. The van der Waals surface area contributed by atoms with Gasteiger partial charge in [-0.2, -0.15) is 5.10 Å². The van der Waals surface area contributed by atoms with E-state index in [0.29, 0.717) is 16.9 Å². The molecular formula is C15H12ClFN4O. The highest BCUT2D eigenvalue weighted by molar-refractivity contribution is 6.31. The number of carbonyl (C=O) groups excluding carboxylic acids is 1. The van der Waals surface area contributed by atoms with Crippen LogP contribution < -0.4 is 5.32 Å². The Bertz CT molecular complexity index is 891. The van der Waals surface area contributed by atoms with Crippen LogP contribution in [-0.2, 0) is 0 Å². The van der Waals surface area contributed by atoms with Gasteiger partial charge in [0.1, 0.15) is 11.4 Å². The summed E-state index contributed by atoms with van der Waals surface area (Å²) in [5, 5.41) is 6.77. The maximum atomic E-state index is 13.1. The summed E-state index contributed by atoms with van der Waals surface area (Å²) in [6.07, 6.45) is 1.45. The van der Waals surface area contributed by atoms with Crippen molar-refractivity contribution in [1.29, 1.82) is 0 Å². The number of amides is 1. The molecule has 0 unspecified atom stereocenters. The van der Waals surface area contributed by atoms with Crippen LogP contribution in [0.2, 0.25) is 5.02 Å². The van der Waals surface area contributed by atoms with Gasteiger partial charge < -0.3 is 5.32 Å². The number of halogens is 2. The number of benzene rings is 1. The van der Waals surface area contributed by atoms with E-state index in [1.165, 1.54) is 24.4 Å². The van der Waals surface area contributed by atoms with Gasteiger partial charge in [-0.15, -0.1) is 0 Å². The molecule has 2 aromatic heterocycles. The van der Waals surface area contributed by atoms with Crippen LogP contribution in [0.3, 0.4) is 0 Å². The molecule has 1 amide bonds. The number of anilines is 1. The fraction of sp³-hybridized carbons (Fsp3) is 0.133. The second kappa shape index (κ2) is 5.38. The minimum absolute atomic E-state index is 0.0533. The van der Waals surface area contributed by atoms with Crippen molar-refractivity contribution >= 4 is 28.8 Å². The van der Waals surface area contributed by atoms with Gasteiger partial charge in [-0.3, -0.25) is 4.79 Å². The van der Waals surface area contributed by atoms with E-state index >= 15 is 0 Å². The zero-order valence-corrected chi connectivity index (χ0v) is 12.6. The fourth-order valence-corrected chi connectivity index (χ4v) is 2.38. The number of aryl methyl sites for hydroxylation is 2. The standard InChI is InChI=1S/C15H12ClFN4O/c1-8-5-9(2)21-14(19-8)11(7-18-21)15(22)20-10-3-4-13(17)12(16)6-10/h3-7H,1-2H3,(H,20,22). The van der Waals surface area contributed by atoms with Gasteiger partial charge >= 0.3 is 0 Å². The van der Waals surface area contributed by atoms with Crippen molar-refractivity contribution in [3.63, 3.8) is 0 Å². The Hall–Kier alpha value is -2.47. The number of aromatic nitrogens is 3. The minimum Gasteiger partial charge on any atom is -0.322 e. The van der Waals surface area contributed by atoms with Crippen LogP contribution in [0.4, 0.5) is 10.1 Å². The van der Waals surface area contributed by atoms with Gasteiger partial charge in [0, 0.05) is 17.1 Å². The molecule has 0 spiro atoms. The van der Waals surface area contributed by atoms with Crippen LogP contribution in [0.25, 0.3) is 5.65 Å². The number of rotatable bonds is 2. The van der Waals surface area contributed by atoms with Crippen molar-refractivity contribution in [3.8, 4) is 0 Å². The first kappa shape index (κ1) is 14.5. The van der Waals surface area contributed by atoms with Gasteiger partial charge in [-0.25, -0.2) is 13.9 Å². The zero-order chi connectivity index (χ0) is 15.9. The Morgan fingerprint density at radius 1 is 1.32 bits per heavy atom. The Kier molecular flexibility index (Phi) is 3.54. The summed E-state index contributed by atoms with van der Waals surface area (Å²) >= 11 is 5.70. The summed E-state index contributed by atoms with van der Waals surface area (Å²) in [6, 6.07) is 5.86. The number of hydrogen-bond acceptors (Lipinski definition) is 3. The molecule has 0 saturated carbocycles. The monoisotopic (exact) mass is 318 g/mol. The van der Waals surface area contributed by atoms with E-state index in [4.69, 9.17) is 11.6 Å². The maximum Gasteiger partial charge on any atom is 0.261 e. The van der Waals surface area contributed by atoms with E-state index in [1.54, 1.807) is 4.52 Å². The van der Waals surface area contributed by atoms with Crippen molar-refractivity contribution < 1.29 is 9.18 Å². The van der Waals surface area contributed by atoms with E-state index in [1.807, 2.05) is 19.9 Å². The predicted molar refractivity (Wildman–Crippen MR) is 81.8 cm³/mol. The molecule has 0 bridgehead atoms. The molecule has 0 atom stereocenters. The predicted octanol–water partition coefficient (Wildman–Crippen LogP) is 3.39. The van der Waals surface area contributed by atoms with Crippen LogP contribution in [0.15, 0.2) is 30.5 Å². The lowest BCUT2D eigenvalue weighted by atomic mass is 10.2. The van der Waals surface area contributed by atoms with Gasteiger partial charge in [0.05, 0.1) is 11.2 Å². The minimum atomic E-state index is -0.538. The molecule has 3 rings (SSSR count). The highest BCUT2D eigenvalue weighted by Gasteiger charge is 2.16. The first-order valence-corrected chi connectivity index (χ1v) is 6.92. The van der Waals surface area contributed by atoms with Crippen LogP contribution in [0.5, 0.6) is 0 Å². The summed E-state index contributed by atoms with van der Waals surface area (Å²) in [6.45, 7) is 3.73. The molecule has 2 heterocycles. The number of nitrogens with one attached hydrogen (secondary N) is 1. The van der Waals surface area contributed by atoms with Crippen LogP contribution in [-0.4, -0.2) is 20.5 Å². The molecule has 5 nitrogen and oxygen atoms in total. The topological polar surface area (TPSA) is 59.3 Å². The Labute approximate surface area is 130 Å². The largest absolute Gasteiger partial charge is 0.322 e. The average molecular weight is 319 g/mol. The molecule has 1 aromatic carbocycles. The van der Waals surface area contributed by atoms with Gasteiger partial charge in [0.25, 0.3) is 5.91 Å². The molecule has 0 aliphatic rings. The van der Waals surface area contributed by atoms with Gasteiger partial charge in [-0.05, 0) is 38.1 Å². The smallest absolute Gasteiger partial charge is 0.261 e. The van der Waals surface area contributed by atoms with E-state index in [-0.39, 0.29) is 10.9 Å². The molecule has 0 radical (unpaired) electrons. The summed E-state index contributed by atoms with van der Waals surface area (Å²) < 4.78 is 14.7. The van der Waals surface area contributed by atoms with Crippen molar-refractivity contribution in [3.05, 3.63) is 58.3 Å². The third-order valence-electron chi connectivity index (χ3n) is 3.20. The second-order valence-corrected chi connectivity index (χ2v) is 5.32. The molecule has 1 N–H and O–H groups in total. The molecule has 0 aliphatic heterocycles. The average Bonchev–Trinajstić information content (AvgIpc) is 2.87. The highest BCUT2D eigenvalue weighted by Crippen LogP contribution is 2.20. The van der Waals surface area contributed by atoms with E-state index in [9.17, 15) is 9.18 Å². The van der Waals surface area contributed by atoms with E-state index in [0.717, 1.165) is 11.4 Å². The molecule has 0 fully saturated rings. The summed E-state index contributed by atoms with van der Waals surface area (Å²) in [4.78, 5) is 16.7. The van der Waals surface area contributed by atoms with Gasteiger partial charge in [0.2, 0.25) is 0 Å². The maximum absolute atomic E-state index is 13.1. The van der Waals surface area contributed by atoms with Crippen LogP contribution >= 0.6 is 11.6 Å². The normalized spacial score (nSPS) is 10.9. The molecular weight excluding hydrogens is 307 g/mol. The lowest BCUT2D eigenvalue weighted by molar-refractivity contribution is 0.102. The number of fused-ring (bicyclic) bond motifs is 1. The van der Waals surface area contributed by atoms with Gasteiger partial charge in [0.15, 0.2) is 5.65 Å². The quantitative estimate of drug-likeness (QED) is 0.788. The Balaban J connectivity index is 1.97. The van der Waals surface area contributed by atoms with E-state index in [2.05, 4.69) is 15.4 Å². The molecule has 112 valence electrons. The van der Waals surface area contributed by atoms with Crippen molar-refractivity contribution in [2.75, 3.05) is 5.32 Å². The highest BCUT2D eigenvalue weighted by atomic mass is 35.5. The molecule has 3 aromatic rings. The zero-order valence-electron chi connectivity index (χ0n) is 11.9. The van der Waals surface area contributed by atoms with Crippen LogP contribution in [0.1, 0.15) is 21.7 Å². The second-order valence-electron chi connectivity index (χ2n) is 4.92. The summed E-state index contributed by atoms with van der Waals surface area (Å²) in [5.41, 5.74) is 2.89. The number of nitrogens with zero attached hydrogens (tertiary/aromatic N) is 3. The first-order valence-electron chi connectivity index (χ1n) is 6.54. The SMILES string of the molecule is Cc1cc(C)n2ncc(C(=O)Nc3ccc(F)c(Cl)c3)c2n1. The van der Waals surface area contributed by atoms with Crippen LogP contribution in [0, 0.1) is 19.7 Å². The third kappa shape index (κ3) is 2.53.